The molecule has 1 unspecified atom stereocenters. The first-order chi connectivity index (χ1) is 11.1. The number of rotatable bonds is 3. The second kappa shape index (κ2) is 5.10. The van der Waals surface area contributed by atoms with Crippen LogP contribution in [0.2, 0.25) is 0 Å². The number of hydrogen-bond acceptors (Lipinski definition) is 1. The van der Waals surface area contributed by atoms with Gasteiger partial charge in [0.2, 0.25) is 0 Å². The molecule has 3 heteroatoms. The third-order valence-corrected chi connectivity index (χ3v) is 5.29. The highest BCUT2D eigenvalue weighted by atomic mass is 35.5. The van der Waals surface area contributed by atoms with Gasteiger partial charge >= 0.3 is 5.97 Å². The summed E-state index contributed by atoms with van der Waals surface area (Å²) in [6.45, 7) is 1.87. The van der Waals surface area contributed by atoms with Gasteiger partial charge in [-0.2, -0.15) is 0 Å². The van der Waals surface area contributed by atoms with Gasteiger partial charge in [-0.15, -0.1) is 11.6 Å². The van der Waals surface area contributed by atoms with Crippen LogP contribution < -0.4 is 0 Å². The third kappa shape index (κ3) is 2.06. The molecular weight excluding hydrogens is 308 g/mol. The van der Waals surface area contributed by atoms with E-state index in [1.54, 1.807) is 0 Å². The van der Waals surface area contributed by atoms with Crippen molar-refractivity contribution < 1.29 is 9.90 Å². The van der Waals surface area contributed by atoms with Crippen LogP contribution in [0.25, 0.3) is 32.3 Å². The molecule has 0 spiro atoms. The molecule has 0 aliphatic heterocycles. The minimum atomic E-state index is -0.982. The van der Waals surface area contributed by atoms with Crippen LogP contribution in [-0.2, 0) is 4.79 Å². The van der Waals surface area contributed by atoms with Gasteiger partial charge in [-0.05, 0) is 37.9 Å². The smallest absolute Gasteiger partial charge is 0.322 e. The molecule has 4 aromatic carbocycles. The van der Waals surface area contributed by atoms with E-state index in [4.69, 9.17) is 11.6 Å². The zero-order valence-corrected chi connectivity index (χ0v) is 13.3. The molecule has 1 N–H and O–H groups in total. The van der Waals surface area contributed by atoms with E-state index < -0.39 is 11.3 Å². The summed E-state index contributed by atoms with van der Waals surface area (Å²) in [5.74, 6) is -1.25. The van der Waals surface area contributed by atoms with Crippen molar-refractivity contribution in [2.75, 3.05) is 0 Å². The standard InChI is InChI=1S/C20H15ClO2/c1-11(19(21)20(22)23)15-9-7-14-6-5-12-3-2-4-13-8-10-16(15)18(14)17(12)13/h2-11,19H,1H3,(H,22,23)/t11-,19?/m1/s1. The van der Waals surface area contributed by atoms with Gasteiger partial charge in [-0.25, -0.2) is 0 Å². The minimum Gasteiger partial charge on any atom is -0.480 e. The van der Waals surface area contributed by atoms with Crippen molar-refractivity contribution in [1.29, 1.82) is 0 Å². The average Bonchev–Trinajstić information content (AvgIpc) is 2.58. The van der Waals surface area contributed by atoms with Crippen LogP contribution >= 0.6 is 11.6 Å². The summed E-state index contributed by atoms with van der Waals surface area (Å²) in [6, 6.07) is 18.8. The maximum absolute atomic E-state index is 11.3. The maximum Gasteiger partial charge on any atom is 0.322 e. The molecule has 0 fully saturated rings. The van der Waals surface area contributed by atoms with E-state index in [-0.39, 0.29) is 5.92 Å². The van der Waals surface area contributed by atoms with Crippen LogP contribution in [0.1, 0.15) is 18.4 Å². The Kier molecular flexibility index (Phi) is 3.17. The van der Waals surface area contributed by atoms with E-state index in [2.05, 4.69) is 48.5 Å². The zero-order chi connectivity index (χ0) is 16.1. The maximum atomic E-state index is 11.3. The van der Waals surface area contributed by atoms with Crippen LogP contribution in [0.4, 0.5) is 0 Å². The summed E-state index contributed by atoms with van der Waals surface area (Å²) in [6.07, 6.45) is 0. The van der Waals surface area contributed by atoms with Crippen molar-refractivity contribution in [2.24, 2.45) is 0 Å². The van der Waals surface area contributed by atoms with Crippen molar-refractivity contribution >= 4 is 49.9 Å². The quantitative estimate of drug-likeness (QED) is 0.406. The van der Waals surface area contributed by atoms with E-state index in [9.17, 15) is 9.90 Å². The van der Waals surface area contributed by atoms with E-state index in [1.807, 2.05) is 13.0 Å². The fourth-order valence-electron chi connectivity index (χ4n) is 3.53. The number of carbonyl (C=O) groups is 1. The lowest BCUT2D eigenvalue weighted by Gasteiger charge is -2.19. The second-order valence-corrected chi connectivity index (χ2v) is 6.51. The Morgan fingerprint density at radius 1 is 0.913 bits per heavy atom. The Balaban J connectivity index is 2.09. The molecule has 0 aliphatic rings. The zero-order valence-electron chi connectivity index (χ0n) is 12.6. The Bertz CT molecular complexity index is 1020. The molecule has 23 heavy (non-hydrogen) atoms. The Hall–Kier alpha value is -2.32. The number of carboxylic acids is 1. The highest BCUT2D eigenvalue weighted by Crippen LogP contribution is 2.39. The third-order valence-electron chi connectivity index (χ3n) is 4.73. The van der Waals surface area contributed by atoms with Crippen molar-refractivity contribution in [3.63, 3.8) is 0 Å². The summed E-state index contributed by atoms with van der Waals surface area (Å²) < 4.78 is 0. The number of carboxylic acid groups (broad SMARTS) is 1. The summed E-state index contributed by atoms with van der Waals surface area (Å²) >= 11 is 6.09. The summed E-state index contributed by atoms with van der Waals surface area (Å²) in [4.78, 5) is 11.3. The van der Waals surface area contributed by atoms with Crippen molar-refractivity contribution in [2.45, 2.75) is 18.2 Å². The summed E-state index contributed by atoms with van der Waals surface area (Å²) in [7, 11) is 0. The number of halogens is 1. The first-order valence-corrected chi connectivity index (χ1v) is 8.05. The topological polar surface area (TPSA) is 37.3 Å². The van der Waals surface area contributed by atoms with E-state index >= 15 is 0 Å². The van der Waals surface area contributed by atoms with Gasteiger partial charge in [0.1, 0.15) is 5.38 Å². The monoisotopic (exact) mass is 322 g/mol. The Labute approximate surface area is 138 Å². The lowest BCUT2D eigenvalue weighted by Crippen LogP contribution is -2.20. The minimum absolute atomic E-state index is 0.265. The number of alkyl halides is 1. The van der Waals surface area contributed by atoms with Crippen molar-refractivity contribution in [1.82, 2.24) is 0 Å². The predicted octanol–water partition coefficient (Wildman–Crippen LogP) is 5.38. The van der Waals surface area contributed by atoms with Crippen molar-refractivity contribution in [3.05, 3.63) is 60.2 Å². The second-order valence-electron chi connectivity index (χ2n) is 6.04. The molecule has 0 heterocycles. The molecule has 2 nitrogen and oxygen atoms in total. The van der Waals surface area contributed by atoms with Crippen LogP contribution in [0, 0.1) is 0 Å². The van der Waals surface area contributed by atoms with Gasteiger partial charge in [-0.3, -0.25) is 4.79 Å². The van der Waals surface area contributed by atoms with Crippen molar-refractivity contribution in [3.8, 4) is 0 Å². The molecule has 4 rings (SSSR count). The molecule has 0 saturated heterocycles. The highest BCUT2D eigenvalue weighted by Gasteiger charge is 2.25. The molecule has 0 saturated carbocycles. The molecule has 2 atom stereocenters. The van der Waals surface area contributed by atoms with Gasteiger partial charge in [0.25, 0.3) is 0 Å². The van der Waals surface area contributed by atoms with Crippen LogP contribution in [-0.4, -0.2) is 16.5 Å². The lowest BCUT2D eigenvalue weighted by molar-refractivity contribution is -0.136. The highest BCUT2D eigenvalue weighted by molar-refractivity contribution is 6.30. The largest absolute Gasteiger partial charge is 0.480 e. The normalized spacial score (nSPS) is 14.5. The van der Waals surface area contributed by atoms with Crippen LogP contribution in [0.3, 0.4) is 0 Å². The van der Waals surface area contributed by atoms with E-state index in [0.29, 0.717) is 0 Å². The van der Waals surface area contributed by atoms with Gasteiger partial charge in [0, 0.05) is 5.92 Å². The van der Waals surface area contributed by atoms with Gasteiger partial charge in [0.15, 0.2) is 0 Å². The van der Waals surface area contributed by atoms with E-state index in [0.717, 1.165) is 10.9 Å². The van der Waals surface area contributed by atoms with E-state index in [1.165, 1.54) is 26.9 Å². The molecule has 0 aliphatic carbocycles. The Morgan fingerprint density at radius 2 is 1.48 bits per heavy atom. The fourth-order valence-corrected chi connectivity index (χ4v) is 3.66. The van der Waals surface area contributed by atoms with Crippen LogP contribution in [0.5, 0.6) is 0 Å². The summed E-state index contributed by atoms with van der Waals surface area (Å²) in [5.41, 5.74) is 0.984. The molecule has 4 aromatic rings. The molecular formula is C20H15ClO2. The molecule has 0 radical (unpaired) electrons. The number of hydrogen-bond donors (Lipinski definition) is 1. The molecule has 114 valence electrons. The molecule has 0 aromatic heterocycles. The molecule has 0 amide bonds. The first-order valence-electron chi connectivity index (χ1n) is 7.61. The SMILES string of the molecule is C[C@H](c1ccc2ccc3cccc4ccc1c2c34)C(Cl)C(=O)O. The lowest BCUT2D eigenvalue weighted by atomic mass is 9.87. The predicted molar refractivity (Wildman–Crippen MR) is 95.8 cm³/mol. The number of aliphatic carboxylic acids is 1. The van der Waals surface area contributed by atoms with Gasteiger partial charge in [-0.1, -0.05) is 61.5 Å². The van der Waals surface area contributed by atoms with Gasteiger partial charge < -0.3 is 5.11 Å². The first kappa shape index (κ1) is 14.3. The average molecular weight is 323 g/mol. The Morgan fingerprint density at radius 3 is 2.13 bits per heavy atom. The number of benzene rings is 4. The fraction of sp³-hybridized carbons (Fsp3) is 0.150. The van der Waals surface area contributed by atoms with Gasteiger partial charge in [0.05, 0.1) is 0 Å². The molecule has 0 bridgehead atoms. The summed E-state index contributed by atoms with van der Waals surface area (Å²) in [5, 5.41) is 15.4. The van der Waals surface area contributed by atoms with Crippen LogP contribution in [0.15, 0.2) is 54.6 Å².